The number of likely N-dealkylation sites (tertiary alicyclic amines) is 1. The molecule has 1 aliphatic heterocycles. The van der Waals surface area contributed by atoms with Crippen molar-refractivity contribution in [2.24, 2.45) is 0 Å². The Hall–Kier alpha value is -1.14. The lowest BCUT2D eigenvalue weighted by atomic mass is 10.2. The lowest BCUT2D eigenvalue weighted by Crippen LogP contribution is -2.27. The summed E-state index contributed by atoms with van der Waals surface area (Å²) < 4.78 is 22.0. The molecule has 1 aromatic heterocycles. The summed E-state index contributed by atoms with van der Waals surface area (Å²) in [5, 5.41) is -0.239. The second kappa shape index (κ2) is 4.62. The molecule has 92 valence electrons. The molecular formula is C10H11ClN2O3S. The average Bonchev–Trinajstić information content (AvgIpc) is 2.80. The van der Waals surface area contributed by atoms with Crippen LogP contribution in [0.2, 0.25) is 0 Å². The summed E-state index contributed by atoms with van der Waals surface area (Å²) in [4.78, 5) is 17.3. The third-order valence-electron chi connectivity index (χ3n) is 2.63. The fourth-order valence-electron chi connectivity index (χ4n) is 1.75. The summed E-state index contributed by atoms with van der Waals surface area (Å²) in [7, 11) is 1.30. The van der Waals surface area contributed by atoms with Crippen molar-refractivity contribution in [2.75, 3.05) is 13.1 Å². The zero-order valence-corrected chi connectivity index (χ0v) is 10.5. The zero-order chi connectivity index (χ0) is 12.5. The quantitative estimate of drug-likeness (QED) is 0.761. The molecule has 1 amide bonds. The van der Waals surface area contributed by atoms with Gasteiger partial charge in [-0.05, 0) is 25.0 Å². The van der Waals surface area contributed by atoms with Gasteiger partial charge in [0.1, 0.15) is 0 Å². The second-order valence-corrected chi connectivity index (χ2v) is 6.34. The van der Waals surface area contributed by atoms with Crippen molar-refractivity contribution in [3.05, 3.63) is 23.9 Å². The molecule has 5 nitrogen and oxygen atoms in total. The largest absolute Gasteiger partial charge is 0.339 e. The number of aromatic nitrogens is 1. The van der Waals surface area contributed by atoms with Crippen LogP contribution in [0, 0.1) is 0 Å². The molecule has 7 heteroatoms. The number of hydrogen-bond donors (Lipinski definition) is 0. The summed E-state index contributed by atoms with van der Waals surface area (Å²) in [5.41, 5.74) is 0.385. The highest BCUT2D eigenvalue weighted by Gasteiger charge is 2.20. The van der Waals surface area contributed by atoms with E-state index in [0.717, 1.165) is 25.9 Å². The maximum absolute atomic E-state index is 11.9. The van der Waals surface area contributed by atoms with E-state index in [4.69, 9.17) is 10.7 Å². The SMILES string of the molecule is O=C(c1ccc(S(=O)(=O)Cl)nc1)N1CCCC1. The first kappa shape index (κ1) is 12.3. The normalized spacial score (nSPS) is 16.2. The van der Waals surface area contributed by atoms with E-state index in [2.05, 4.69) is 4.98 Å². The van der Waals surface area contributed by atoms with E-state index in [0.29, 0.717) is 5.56 Å². The first-order valence-electron chi connectivity index (χ1n) is 5.18. The third kappa shape index (κ3) is 2.76. The maximum Gasteiger partial charge on any atom is 0.278 e. The van der Waals surface area contributed by atoms with Gasteiger partial charge in [0.15, 0.2) is 5.03 Å². The molecule has 0 N–H and O–H groups in total. The van der Waals surface area contributed by atoms with Gasteiger partial charge in [0.2, 0.25) is 0 Å². The number of carbonyl (C=O) groups is 1. The van der Waals surface area contributed by atoms with Gasteiger partial charge < -0.3 is 4.90 Å². The number of rotatable bonds is 2. The van der Waals surface area contributed by atoms with Crippen LogP contribution >= 0.6 is 10.7 Å². The van der Waals surface area contributed by atoms with Crippen molar-refractivity contribution in [1.29, 1.82) is 0 Å². The van der Waals surface area contributed by atoms with E-state index in [1.165, 1.54) is 18.3 Å². The van der Waals surface area contributed by atoms with Gasteiger partial charge in [-0.2, -0.15) is 0 Å². The summed E-state index contributed by atoms with van der Waals surface area (Å²) in [6.45, 7) is 1.49. The summed E-state index contributed by atoms with van der Waals surface area (Å²) in [6, 6.07) is 2.68. The van der Waals surface area contributed by atoms with Crippen LogP contribution in [0.3, 0.4) is 0 Å². The molecule has 2 heterocycles. The van der Waals surface area contributed by atoms with E-state index < -0.39 is 9.05 Å². The predicted octanol–water partition coefficient (Wildman–Crippen LogP) is 1.25. The molecule has 0 unspecified atom stereocenters. The minimum atomic E-state index is -3.83. The van der Waals surface area contributed by atoms with Gasteiger partial charge in [-0.1, -0.05) is 0 Å². The maximum atomic E-state index is 11.9. The van der Waals surface area contributed by atoms with Crippen molar-refractivity contribution < 1.29 is 13.2 Å². The van der Waals surface area contributed by atoms with Gasteiger partial charge in [0.05, 0.1) is 5.56 Å². The van der Waals surface area contributed by atoms with E-state index in [1.807, 2.05) is 0 Å². The Morgan fingerprint density at radius 1 is 1.29 bits per heavy atom. The zero-order valence-electron chi connectivity index (χ0n) is 8.97. The Bertz CT molecular complexity index is 521. The molecule has 0 spiro atoms. The molecule has 1 fully saturated rings. The Labute approximate surface area is 104 Å². The lowest BCUT2D eigenvalue weighted by molar-refractivity contribution is 0.0792. The van der Waals surface area contributed by atoms with Crippen LogP contribution < -0.4 is 0 Å². The lowest BCUT2D eigenvalue weighted by Gasteiger charge is -2.14. The van der Waals surface area contributed by atoms with Gasteiger partial charge in [0, 0.05) is 30.0 Å². The molecule has 0 radical (unpaired) electrons. The molecule has 0 bridgehead atoms. The van der Waals surface area contributed by atoms with Gasteiger partial charge >= 0.3 is 0 Å². The number of amides is 1. The summed E-state index contributed by atoms with van der Waals surface area (Å²) in [5.74, 6) is -0.117. The van der Waals surface area contributed by atoms with E-state index in [9.17, 15) is 13.2 Å². The Morgan fingerprint density at radius 2 is 1.94 bits per heavy atom. The minimum absolute atomic E-state index is 0.117. The van der Waals surface area contributed by atoms with Crippen LogP contribution in [0.25, 0.3) is 0 Å². The number of nitrogens with zero attached hydrogens (tertiary/aromatic N) is 2. The number of carbonyl (C=O) groups excluding carboxylic acids is 1. The van der Waals surface area contributed by atoms with Gasteiger partial charge in [-0.3, -0.25) is 4.79 Å². The third-order valence-corrected chi connectivity index (χ3v) is 3.84. The highest BCUT2D eigenvalue weighted by Crippen LogP contribution is 2.15. The van der Waals surface area contributed by atoms with Crippen LogP contribution in [-0.4, -0.2) is 37.3 Å². The number of hydrogen-bond acceptors (Lipinski definition) is 4. The molecule has 1 aliphatic rings. The van der Waals surface area contributed by atoms with Crippen LogP contribution in [0.15, 0.2) is 23.4 Å². The summed E-state index contributed by atoms with van der Waals surface area (Å²) >= 11 is 0. The average molecular weight is 275 g/mol. The molecule has 0 saturated carbocycles. The Balaban J connectivity index is 2.20. The van der Waals surface area contributed by atoms with Crippen LogP contribution in [0.4, 0.5) is 0 Å². The Kier molecular flexibility index (Phi) is 3.35. The summed E-state index contributed by atoms with van der Waals surface area (Å²) in [6.07, 6.45) is 3.26. The number of halogens is 1. The van der Waals surface area contributed by atoms with Crippen molar-refractivity contribution in [2.45, 2.75) is 17.9 Å². The van der Waals surface area contributed by atoms with Crippen molar-refractivity contribution >= 4 is 25.6 Å². The fourth-order valence-corrected chi connectivity index (χ4v) is 2.44. The highest BCUT2D eigenvalue weighted by atomic mass is 35.7. The smallest absolute Gasteiger partial charge is 0.278 e. The Morgan fingerprint density at radius 3 is 2.41 bits per heavy atom. The first-order chi connectivity index (χ1) is 7.98. The number of pyridine rings is 1. The van der Waals surface area contributed by atoms with Crippen molar-refractivity contribution in [1.82, 2.24) is 9.88 Å². The molecule has 0 aromatic carbocycles. The van der Waals surface area contributed by atoms with Crippen molar-refractivity contribution in [3.8, 4) is 0 Å². The molecule has 1 aromatic rings. The van der Waals surface area contributed by atoms with Crippen LogP contribution in [-0.2, 0) is 9.05 Å². The molecule has 2 rings (SSSR count). The highest BCUT2D eigenvalue weighted by molar-refractivity contribution is 8.13. The van der Waals surface area contributed by atoms with Crippen LogP contribution in [0.5, 0.6) is 0 Å². The molecule has 17 heavy (non-hydrogen) atoms. The second-order valence-electron chi connectivity index (χ2n) is 3.82. The van der Waals surface area contributed by atoms with Gasteiger partial charge in [-0.25, -0.2) is 13.4 Å². The van der Waals surface area contributed by atoms with Crippen molar-refractivity contribution in [3.63, 3.8) is 0 Å². The van der Waals surface area contributed by atoms with E-state index in [-0.39, 0.29) is 10.9 Å². The molecular weight excluding hydrogens is 264 g/mol. The van der Waals surface area contributed by atoms with Gasteiger partial charge in [-0.15, -0.1) is 0 Å². The van der Waals surface area contributed by atoms with E-state index >= 15 is 0 Å². The monoisotopic (exact) mass is 274 g/mol. The standard InChI is InChI=1S/C10H11ClN2O3S/c11-17(15,16)9-4-3-8(7-12-9)10(14)13-5-1-2-6-13/h3-4,7H,1-2,5-6H2. The predicted molar refractivity (Wildman–Crippen MR) is 62.4 cm³/mol. The molecule has 0 atom stereocenters. The topological polar surface area (TPSA) is 67.3 Å². The molecule has 1 saturated heterocycles. The fraction of sp³-hybridized carbons (Fsp3) is 0.400. The first-order valence-corrected chi connectivity index (χ1v) is 7.49. The van der Waals surface area contributed by atoms with Crippen LogP contribution in [0.1, 0.15) is 23.2 Å². The van der Waals surface area contributed by atoms with E-state index in [1.54, 1.807) is 4.90 Å². The van der Waals surface area contributed by atoms with Gasteiger partial charge in [0.25, 0.3) is 15.0 Å². The molecule has 0 aliphatic carbocycles. The minimum Gasteiger partial charge on any atom is -0.339 e.